The van der Waals surface area contributed by atoms with Crippen molar-refractivity contribution in [3.63, 3.8) is 0 Å². The molecule has 0 atom stereocenters. The fourth-order valence-electron chi connectivity index (χ4n) is 3.73. The van der Waals surface area contributed by atoms with Crippen LogP contribution in [-0.2, 0) is 6.54 Å². The Labute approximate surface area is 183 Å². The monoisotopic (exact) mass is 425 g/mol. The molecule has 31 heavy (non-hydrogen) atoms. The summed E-state index contributed by atoms with van der Waals surface area (Å²) in [5, 5.41) is 10.9. The summed E-state index contributed by atoms with van der Waals surface area (Å²) in [5.74, 6) is 2.08. The van der Waals surface area contributed by atoms with Gasteiger partial charge in [0, 0.05) is 19.6 Å². The molecular formula is C25H31NO5. The third-order valence-electron chi connectivity index (χ3n) is 4.91. The maximum Gasteiger partial charge on any atom is 0.235 e. The first-order valence-electron chi connectivity index (χ1n) is 10.6. The number of nitrogens with zero attached hydrogens (tertiary/aromatic N) is 1. The first-order valence-corrected chi connectivity index (χ1v) is 10.6. The number of hydrogen-bond donors (Lipinski definition) is 1. The van der Waals surface area contributed by atoms with Crippen molar-refractivity contribution in [3.05, 3.63) is 58.4 Å². The summed E-state index contributed by atoms with van der Waals surface area (Å²) in [4.78, 5) is 15.4. The lowest BCUT2D eigenvalue weighted by molar-refractivity contribution is 0.209. The zero-order valence-electron chi connectivity index (χ0n) is 18.8. The average molecular weight is 426 g/mol. The van der Waals surface area contributed by atoms with E-state index in [-0.39, 0.29) is 16.9 Å². The summed E-state index contributed by atoms with van der Waals surface area (Å²) in [6.07, 6.45) is 1.30. The molecule has 166 valence electrons. The Hall–Kier alpha value is -2.99. The highest BCUT2D eigenvalue weighted by Gasteiger charge is 2.19. The van der Waals surface area contributed by atoms with Crippen LogP contribution in [0, 0.1) is 11.8 Å². The summed E-state index contributed by atoms with van der Waals surface area (Å²) < 4.78 is 16.9. The van der Waals surface area contributed by atoms with Gasteiger partial charge in [0.1, 0.15) is 17.6 Å². The maximum absolute atomic E-state index is 13.1. The molecule has 0 fully saturated rings. The minimum absolute atomic E-state index is 0.0647. The molecule has 1 aromatic heterocycles. The van der Waals surface area contributed by atoms with Crippen LogP contribution in [0.2, 0.25) is 0 Å². The highest BCUT2D eigenvalue weighted by Crippen LogP contribution is 2.32. The van der Waals surface area contributed by atoms with Crippen LogP contribution >= 0.6 is 0 Å². The Kier molecular flexibility index (Phi) is 7.23. The van der Waals surface area contributed by atoms with Gasteiger partial charge in [-0.1, -0.05) is 39.8 Å². The minimum Gasteiger partial charge on any atom is -0.507 e. The van der Waals surface area contributed by atoms with E-state index >= 15 is 0 Å². The SMILES string of the molecule is COc1ccccc1Oc1coc2c(CN(CC(C)C)CC(C)C)c(O)ccc2c1=O. The molecule has 0 amide bonds. The Morgan fingerprint density at radius 2 is 1.61 bits per heavy atom. The number of benzene rings is 2. The van der Waals surface area contributed by atoms with Crippen LogP contribution in [0.5, 0.6) is 23.0 Å². The highest BCUT2D eigenvalue weighted by molar-refractivity contribution is 5.83. The van der Waals surface area contributed by atoms with Gasteiger partial charge in [0.2, 0.25) is 11.2 Å². The molecule has 6 heteroatoms. The van der Waals surface area contributed by atoms with Gasteiger partial charge in [-0.3, -0.25) is 9.69 Å². The first-order chi connectivity index (χ1) is 14.8. The average Bonchev–Trinajstić information content (AvgIpc) is 2.71. The molecule has 3 aromatic rings. The molecule has 0 saturated carbocycles. The predicted octanol–water partition coefficient (Wildman–Crippen LogP) is 5.41. The highest BCUT2D eigenvalue weighted by atomic mass is 16.5. The van der Waals surface area contributed by atoms with Gasteiger partial charge in [0.25, 0.3) is 0 Å². The summed E-state index contributed by atoms with van der Waals surface area (Å²) in [7, 11) is 1.54. The largest absolute Gasteiger partial charge is 0.507 e. The van der Waals surface area contributed by atoms with Crippen molar-refractivity contribution in [1.29, 1.82) is 0 Å². The molecule has 6 nitrogen and oxygen atoms in total. The number of phenols is 1. The fourth-order valence-corrected chi connectivity index (χ4v) is 3.73. The van der Waals surface area contributed by atoms with Crippen LogP contribution in [0.25, 0.3) is 11.0 Å². The van der Waals surface area contributed by atoms with Crippen molar-refractivity contribution in [2.24, 2.45) is 11.8 Å². The number of hydrogen-bond acceptors (Lipinski definition) is 6. The summed E-state index contributed by atoms with van der Waals surface area (Å²) >= 11 is 0. The van der Waals surface area contributed by atoms with Crippen LogP contribution in [0.3, 0.4) is 0 Å². The molecular weight excluding hydrogens is 394 g/mol. The van der Waals surface area contributed by atoms with Gasteiger partial charge in [-0.05, 0) is 36.1 Å². The second kappa shape index (κ2) is 9.88. The van der Waals surface area contributed by atoms with E-state index in [2.05, 4.69) is 32.6 Å². The van der Waals surface area contributed by atoms with E-state index in [4.69, 9.17) is 13.9 Å². The van der Waals surface area contributed by atoms with Gasteiger partial charge in [-0.25, -0.2) is 0 Å². The van der Waals surface area contributed by atoms with E-state index in [0.29, 0.717) is 46.4 Å². The summed E-state index contributed by atoms with van der Waals surface area (Å²) in [5.41, 5.74) is 0.697. The van der Waals surface area contributed by atoms with Gasteiger partial charge in [0.15, 0.2) is 11.5 Å². The van der Waals surface area contributed by atoms with Crippen molar-refractivity contribution in [3.8, 4) is 23.0 Å². The van der Waals surface area contributed by atoms with Crippen molar-refractivity contribution in [1.82, 2.24) is 4.90 Å². The van der Waals surface area contributed by atoms with E-state index in [1.165, 1.54) is 6.26 Å². The second-order valence-electron chi connectivity index (χ2n) is 8.60. The van der Waals surface area contributed by atoms with Crippen molar-refractivity contribution < 1.29 is 19.0 Å². The molecule has 0 unspecified atom stereocenters. The van der Waals surface area contributed by atoms with Gasteiger partial charge >= 0.3 is 0 Å². The molecule has 2 aromatic carbocycles. The Bertz CT molecular complexity index is 1080. The van der Waals surface area contributed by atoms with Crippen LogP contribution in [0.1, 0.15) is 33.3 Å². The molecule has 1 N–H and O–H groups in total. The first kappa shape index (κ1) is 22.7. The van der Waals surface area contributed by atoms with Gasteiger partial charge < -0.3 is 19.0 Å². The second-order valence-corrected chi connectivity index (χ2v) is 8.60. The number of phenolic OH excluding ortho intramolecular Hbond substituents is 1. The Morgan fingerprint density at radius 1 is 0.968 bits per heavy atom. The molecule has 0 aliphatic carbocycles. The van der Waals surface area contributed by atoms with Crippen LogP contribution in [-0.4, -0.2) is 30.2 Å². The minimum atomic E-state index is -0.298. The molecule has 0 radical (unpaired) electrons. The van der Waals surface area contributed by atoms with E-state index in [1.54, 1.807) is 37.4 Å². The molecule has 0 saturated heterocycles. The smallest absolute Gasteiger partial charge is 0.235 e. The topological polar surface area (TPSA) is 72.1 Å². The van der Waals surface area contributed by atoms with Crippen molar-refractivity contribution in [2.45, 2.75) is 34.2 Å². The fraction of sp³-hybridized carbons (Fsp3) is 0.400. The van der Waals surface area contributed by atoms with Gasteiger partial charge in [-0.15, -0.1) is 0 Å². The number of para-hydroxylation sites is 2. The Balaban J connectivity index is 2.00. The van der Waals surface area contributed by atoms with Crippen LogP contribution in [0.4, 0.5) is 0 Å². The van der Waals surface area contributed by atoms with Gasteiger partial charge in [0.05, 0.1) is 18.1 Å². The third-order valence-corrected chi connectivity index (χ3v) is 4.91. The molecule has 1 heterocycles. The molecule has 0 aliphatic rings. The lowest BCUT2D eigenvalue weighted by Gasteiger charge is -2.26. The zero-order chi connectivity index (χ0) is 22.5. The standard InChI is InChI=1S/C25H31NO5/c1-16(2)12-26(13-17(3)4)14-19-20(27)11-10-18-24(28)23(15-30-25(18)19)31-22-9-7-6-8-21(22)29-5/h6-11,15-17,27H,12-14H2,1-5H3. The quantitative estimate of drug-likeness (QED) is 0.494. The molecule has 0 bridgehead atoms. The molecule has 0 spiro atoms. The summed E-state index contributed by atoms with van der Waals surface area (Å²) in [6, 6.07) is 10.2. The molecule has 0 aliphatic heterocycles. The number of methoxy groups -OCH3 is 1. The number of fused-ring (bicyclic) bond motifs is 1. The predicted molar refractivity (Wildman–Crippen MR) is 122 cm³/mol. The lowest BCUT2D eigenvalue weighted by atomic mass is 10.1. The van der Waals surface area contributed by atoms with Gasteiger partial charge in [-0.2, -0.15) is 0 Å². The number of rotatable bonds is 9. The van der Waals surface area contributed by atoms with E-state index in [0.717, 1.165) is 13.1 Å². The third kappa shape index (κ3) is 5.39. The number of ether oxygens (including phenoxy) is 2. The van der Waals surface area contributed by atoms with Crippen molar-refractivity contribution in [2.75, 3.05) is 20.2 Å². The molecule has 3 rings (SSSR count). The summed E-state index contributed by atoms with van der Waals surface area (Å²) in [6.45, 7) is 10.9. The van der Waals surface area contributed by atoms with Crippen molar-refractivity contribution >= 4 is 11.0 Å². The van der Waals surface area contributed by atoms with Crippen LogP contribution in [0.15, 0.2) is 51.9 Å². The normalized spacial score (nSPS) is 11.6. The zero-order valence-corrected chi connectivity index (χ0v) is 18.8. The lowest BCUT2D eigenvalue weighted by Crippen LogP contribution is -2.31. The van der Waals surface area contributed by atoms with Crippen LogP contribution < -0.4 is 14.9 Å². The Morgan fingerprint density at radius 3 is 2.23 bits per heavy atom. The number of aromatic hydroxyl groups is 1. The maximum atomic E-state index is 13.1. The van der Waals surface area contributed by atoms with E-state index in [9.17, 15) is 9.90 Å². The van der Waals surface area contributed by atoms with E-state index in [1.807, 2.05) is 6.07 Å². The van der Waals surface area contributed by atoms with E-state index < -0.39 is 0 Å².